The first-order valence-corrected chi connectivity index (χ1v) is 8.23. The lowest BCUT2D eigenvalue weighted by Gasteiger charge is -2.17. The molecule has 1 unspecified atom stereocenters. The summed E-state index contributed by atoms with van der Waals surface area (Å²) in [5.74, 6) is -0.0857. The van der Waals surface area contributed by atoms with Gasteiger partial charge in [0.25, 0.3) is 12.2 Å². The molecule has 0 aliphatic carbocycles. The van der Waals surface area contributed by atoms with Gasteiger partial charge >= 0.3 is 0 Å². The van der Waals surface area contributed by atoms with E-state index in [-0.39, 0.29) is 12.2 Å². The molecular formula is C20H17N3O4. The summed E-state index contributed by atoms with van der Waals surface area (Å²) in [5.41, 5.74) is 1.57. The molecule has 0 aliphatic rings. The molecule has 0 fully saturated rings. The molecule has 0 saturated carbocycles. The average molecular weight is 363 g/mol. The van der Waals surface area contributed by atoms with E-state index >= 15 is 0 Å². The summed E-state index contributed by atoms with van der Waals surface area (Å²) < 4.78 is 4.72. The second-order valence-electron chi connectivity index (χ2n) is 5.64. The van der Waals surface area contributed by atoms with Gasteiger partial charge in [-0.2, -0.15) is 4.99 Å². The van der Waals surface area contributed by atoms with E-state index in [4.69, 9.17) is 10.00 Å². The average Bonchev–Trinajstić information content (AvgIpc) is 2.69. The summed E-state index contributed by atoms with van der Waals surface area (Å²) >= 11 is 0. The van der Waals surface area contributed by atoms with E-state index in [1.54, 1.807) is 37.4 Å². The highest BCUT2D eigenvalue weighted by Crippen LogP contribution is 2.15. The SMILES string of the molecule is CCC(=O)C(Cc1ccc(OC#N)cc1)NC(=O)c1ccc(N=C=O)cc1. The van der Waals surface area contributed by atoms with Crippen LogP contribution in [0, 0.1) is 11.5 Å². The third-order valence-electron chi connectivity index (χ3n) is 3.87. The lowest BCUT2D eigenvalue weighted by molar-refractivity contribution is -0.120. The first kappa shape index (κ1) is 19.6. The number of isocyanates is 1. The zero-order valence-electron chi connectivity index (χ0n) is 14.6. The van der Waals surface area contributed by atoms with Crippen molar-refractivity contribution in [3.63, 3.8) is 0 Å². The maximum Gasteiger partial charge on any atom is 0.292 e. The van der Waals surface area contributed by atoms with E-state index in [0.29, 0.717) is 23.4 Å². The number of amides is 1. The molecule has 0 aromatic heterocycles. The Bertz CT molecular complexity index is 892. The number of benzene rings is 2. The van der Waals surface area contributed by atoms with Gasteiger partial charge in [-0.1, -0.05) is 19.1 Å². The van der Waals surface area contributed by atoms with Gasteiger partial charge in [-0.05, 0) is 48.4 Å². The Labute approximate surface area is 156 Å². The number of Topliss-reactive ketones (excluding diaryl/α,β-unsaturated/α-hetero) is 1. The quantitative estimate of drug-likeness (QED) is 0.441. The smallest absolute Gasteiger partial charge is 0.292 e. The lowest BCUT2D eigenvalue weighted by atomic mass is 10.0. The predicted octanol–water partition coefficient (Wildman–Crippen LogP) is 2.83. The van der Waals surface area contributed by atoms with Crippen LogP contribution in [0.2, 0.25) is 0 Å². The number of rotatable bonds is 8. The number of carbonyl (C=O) groups excluding carboxylic acids is 3. The Morgan fingerprint density at radius 2 is 1.81 bits per heavy atom. The Morgan fingerprint density at radius 1 is 1.15 bits per heavy atom. The molecular weight excluding hydrogens is 346 g/mol. The monoisotopic (exact) mass is 363 g/mol. The minimum atomic E-state index is -0.682. The van der Waals surface area contributed by atoms with Crippen molar-refractivity contribution in [2.24, 2.45) is 4.99 Å². The van der Waals surface area contributed by atoms with E-state index < -0.39 is 11.9 Å². The largest absolute Gasteiger partial charge is 0.388 e. The molecule has 2 aromatic carbocycles. The Kier molecular flexibility index (Phi) is 7.00. The van der Waals surface area contributed by atoms with Crippen LogP contribution in [-0.4, -0.2) is 23.8 Å². The maximum atomic E-state index is 12.4. The van der Waals surface area contributed by atoms with E-state index in [0.717, 1.165) is 5.56 Å². The minimum absolute atomic E-state index is 0.0946. The van der Waals surface area contributed by atoms with Crippen molar-refractivity contribution in [3.8, 4) is 12.0 Å². The molecule has 0 spiro atoms. The van der Waals surface area contributed by atoms with Crippen LogP contribution in [-0.2, 0) is 16.0 Å². The van der Waals surface area contributed by atoms with Crippen LogP contribution in [0.3, 0.4) is 0 Å². The van der Waals surface area contributed by atoms with Crippen molar-refractivity contribution in [2.45, 2.75) is 25.8 Å². The standard InChI is InChI=1S/C20H17N3O4/c1-2-19(25)18(11-14-3-9-17(10-4-14)27-12-21)23-20(26)15-5-7-16(8-6-15)22-13-24/h3-10,18H,2,11H2,1H3,(H,23,26). The van der Waals surface area contributed by atoms with Gasteiger partial charge in [0.1, 0.15) is 5.75 Å². The Hall–Kier alpha value is -3.75. The van der Waals surface area contributed by atoms with Crippen molar-refractivity contribution >= 4 is 23.5 Å². The summed E-state index contributed by atoms with van der Waals surface area (Å²) in [5, 5.41) is 11.2. The zero-order chi connectivity index (χ0) is 19.6. The van der Waals surface area contributed by atoms with Gasteiger partial charge in [0.15, 0.2) is 5.78 Å². The van der Waals surface area contributed by atoms with Gasteiger partial charge < -0.3 is 10.1 Å². The maximum absolute atomic E-state index is 12.4. The third kappa shape index (κ3) is 5.63. The Morgan fingerprint density at radius 3 is 2.37 bits per heavy atom. The third-order valence-corrected chi connectivity index (χ3v) is 3.87. The normalized spacial score (nSPS) is 10.8. The summed E-state index contributed by atoms with van der Waals surface area (Å²) in [7, 11) is 0. The van der Waals surface area contributed by atoms with Crippen LogP contribution in [0.15, 0.2) is 53.5 Å². The summed E-state index contributed by atoms with van der Waals surface area (Å²) in [6.45, 7) is 1.73. The highest BCUT2D eigenvalue weighted by molar-refractivity contribution is 5.98. The topological polar surface area (TPSA) is 109 Å². The van der Waals surface area contributed by atoms with Crippen LogP contribution < -0.4 is 10.1 Å². The number of aliphatic imine (C=N–C) groups is 1. The number of nitriles is 1. The minimum Gasteiger partial charge on any atom is -0.388 e. The van der Waals surface area contributed by atoms with Gasteiger partial charge in [-0.3, -0.25) is 9.59 Å². The predicted molar refractivity (Wildman–Crippen MR) is 97.2 cm³/mol. The van der Waals surface area contributed by atoms with Gasteiger partial charge in [0.2, 0.25) is 6.08 Å². The molecule has 0 radical (unpaired) electrons. The molecule has 0 saturated heterocycles. The fourth-order valence-corrected chi connectivity index (χ4v) is 2.46. The van der Waals surface area contributed by atoms with Crippen LogP contribution >= 0.6 is 0 Å². The summed E-state index contributed by atoms with van der Waals surface area (Å²) in [4.78, 5) is 38.4. The van der Waals surface area contributed by atoms with Crippen molar-refractivity contribution < 1.29 is 19.1 Å². The first-order chi connectivity index (χ1) is 13.1. The number of ketones is 1. The Balaban J connectivity index is 2.11. The molecule has 0 bridgehead atoms. The van der Waals surface area contributed by atoms with E-state index in [9.17, 15) is 14.4 Å². The molecule has 27 heavy (non-hydrogen) atoms. The zero-order valence-corrected chi connectivity index (χ0v) is 14.6. The van der Waals surface area contributed by atoms with E-state index in [1.165, 1.54) is 30.3 Å². The number of carbonyl (C=O) groups is 2. The van der Waals surface area contributed by atoms with Crippen molar-refractivity contribution in [2.75, 3.05) is 0 Å². The molecule has 7 heteroatoms. The van der Waals surface area contributed by atoms with E-state index in [1.807, 2.05) is 0 Å². The second-order valence-corrected chi connectivity index (χ2v) is 5.64. The number of nitrogens with one attached hydrogen (secondary N) is 1. The summed E-state index contributed by atoms with van der Waals surface area (Å²) in [6, 6.07) is 12.1. The number of hydrogen-bond donors (Lipinski definition) is 1. The lowest BCUT2D eigenvalue weighted by Crippen LogP contribution is -2.42. The van der Waals surface area contributed by atoms with Crippen LogP contribution in [0.4, 0.5) is 5.69 Å². The molecule has 0 aliphatic heterocycles. The van der Waals surface area contributed by atoms with E-state index in [2.05, 4.69) is 10.3 Å². The first-order valence-electron chi connectivity index (χ1n) is 8.23. The van der Waals surface area contributed by atoms with Crippen molar-refractivity contribution in [3.05, 3.63) is 59.7 Å². The molecule has 136 valence electrons. The van der Waals surface area contributed by atoms with Crippen LogP contribution in [0.5, 0.6) is 5.75 Å². The highest BCUT2D eigenvalue weighted by atomic mass is 16.5. The highest BCUT2D eigenvalue weighted by Gasteiger charge is 2.20. The fourth-order valence-electron chi connectivity index (χ4n) is 2.46. The number of nitrogens with zero attached hydrogens (tertiary/aromatic N) is 2. The molecule has 1 atom stereocenters. The van der Waals surface area contributed by atoms with Gasteiger partial charge in [0.05, 0.1) is 11.7 Å². The van der Waals surface area contributed by atoms with Crippen LogP contribution in [0.1, 0.15) is 29.3 Å². The molecule has 1 amide bonds. The van der Waals surface area contributed by atoms with Crippen LogP contribution in [0.25, 0.3) is 0 Å². The van der Waals surface area contributed by atoms with Gasteiger partial charge in [0, 0.05) is 12.0 Å². The number of ether oxygens (including phenoxy) is 1. The fraction of sp³-hybridized carbons (Fsp3) is 0.200. The number of hydrogen-bond acceptors (Lipinski definition) is 6. The molecule has 7 nitrogen and oxygen atoms in total. The second kappa shape index (κ2) is 9.66. The molecule has 1 N–H and O–H groups in total. The summed E-state index contributed by atoms with van der Waals surface area (Å²) in [6.07, 6.45) is 3.62. The van der Waals surface area contributed by atoms with Gasteiger partial charge in [-0.25, -0.2) is 4.79 Å². The van der Waals surface area contributed by atoms with Crippen molar-refractivity contribution in [1.82, 2.24) is 5.32 Å². The molecule has 2 aromatic rings. The molecule has 2 rings (SSSR count). The van der Waals surface area contributed by atoms with Gasteiger partial charge in [-0.15, -0.1) is 5.26 Å². The molecule has 0 heterocycles. The van der Waals surface area contributed by atoms with Crippen molar-refractivity contribution in [1.29, 1.82) is 5.26 Å².